The maximum Gasteiger partial charge on any atom is 0.120 e. The third-order valence-corrected chi connectivity index (χ3v) is 4.72. The Morgan fingerprint density at radius 2 is 1.83 bits per heavy atom. The summed E-state index contributed by atoms with van der Waals surface area (Å²) in [6, 6.07) is 8.55. The van der Waals surface area contributed by atoms with Gasteiger partial charge in [0.15, 0.2) is 0 Å². The van der Waals surface area contributed by atoms with Gasteiger partial charge in [-0.25, -0.2) is 0 Å². The highest BCUT2D eigenvalue weighted by atomic mass is 16.3. The molecule has 1 heterocycles. The second-order valence-electron chi connectivity index (χ2n) is 5.85. The Morgan fingerprint density at radius 3 is 2.61 bits per heavy atom. The van der Waals surface area contributed by atoms with Crippen molar-refractivity contribution in [3.05, 3.63) is 29.8 Å². The third kappa shape index (κ3) is 2.39. The van der Waals surface area contributed by atoms with Crippen molar-refractivity contribution in [1.29, 1.82) is 0 Å². The SMILES string of the molecule is Oc1ccccc1CN1CCCC1C1CCCC1. The van der Waals surface area contributed by atoms with Crippen LogP contribution >= 0.6 is 0 Å². The molecule has 1 atom stereocenters. The lowest BCUT2D eigenvalue weighted by atomic mass is 9.96. The van der Waals surface area contributed by atoms with Crippen molar-refractivity contribution in [1.82, 2.24) is 4.90 Å². The molecule has 1 aromatic rings. The topological polar surface area (TPSA) is 23.5 Å². The highest BCUT2D eigenvalue weighted by molar-refractivity contribution is 5.31. The average Bonchev–Trinajstić information content (AvgIpc) is 3.02. The van der Waals surface area contributed by atoms with Crippen LogP contribution in [0.4, 0.5) is 0 Å². The van der Waals surface area contributed by atoms with Gasteiger partial charge in [-0.15, -0.1) is 0 Å². The number of aromatic hydroxyl groups is 1. The summed E-state index contributed by atoms with van der Waals surface area (Å²) < 4.78 is 0. The van der Waals surface area contributed by atoms with E-state index in [0.29, 0.717) is 5.75 Å². The van der Waals surface area contributed by atoms with Crippen LogP contribution in [0.5, 0.6) is 5.75 Å². The summed E-state index contributed by atoms with van der Waals surface area (Å²) >= 11 is 0. The first-order chi connectivity index (χ1) is 8.84. The van der Waals surface area contributed by atoms with Crippen molar-refractivity contribution in [3.8, 4) is 5.75 Å². The van der Waals surface area contributed by atoms with Crippen LogP contribution in [0.2, 0.25) is 0 Å². The Balaban J connectivity index is 1.69. The van der Waals surface area contributed by atoms with Crippen LogP contribution in [0.1, 0.15) is 44.1 Å². The van der Waals surface area contributed by atoms with Crippen LogP contribution in [0.3, 0.4) is 0 Å². The van der Waals surface area contributed by atoms with Gasteiger partial charge in [-0.05, 0) is 44.2 Å². The zero-order valence-electron chi connectivity index (χ0n) is 11.0. The first-order valence-corrected chi connectivity index (χ1v) is 7.35. The van der Waals surface area contributed by atoms with Crippen molar-refractivity contribution in [3.63, 3.8) is 0 Å². The Bertz CT molecular complexity index is 398. The van der Waals surface area contributed by atoms with E-state index in [2.05, 4.69) is 11.0 Å². The Morgan fingerprint density at radius 1 is 1.06 bits per heavy atom. The zero-order valence-corrected chi connectivity index (χ0v) is 11.0. The van der Waals surface area contributed by atoms with Crippen LogP contribution in [-0.2, 0) is 6.54 Å². The highest BCUT2D eigenvalue weighted by Crippen LogP contribution is 2.36. The largest absolute Gasteiger partial charge is 0.508 e. The number of phenols is 1. The number of hydrogen-bond acceptors (Lipinski definition) is 2. The summed E-state index contributed by atoms with van der Waals surface area (Å²) in [6.07, 6.45) is 8.37. The van der Waals surface area contributed by atoms with Crippen molar-refractivity contribution >= 4 is 0 Å². The Hall–Kier alpha value is -1.02. The van der Waals surface area contributed by atoms with Gasteiger partial charge in [-0.1, -0.05) is 31.0 Å². The number of para-hydroxylation sites is 1. The maximum absolute atomic E-state index is 9.90. The zero-order chi connectivity index (χ0) is 12.4. The lowest BCUT2D eigenvalue weighted by Gasteiger charge is -2.29. The molecular weight excluding hydrogens is 222 g/mol. The molecule has 1 aromatic carbocycles. The van der Waals surface area contributed by atoms with Gasteiger partial charge in [0.2, 0.25) is 0 Å². The third-order valence-electron chi connectivity index (χ3n) is 4.72. The summed E-state index contributed by atoms with van der Waals surface area (Å²) in [7, 11) is 0. The predicted molar refractivity (Wildman–Crippen MR) is 73.5 cm³/mol. The second kappa shape index (κ2) is 5.31. The maximum atomic E-state index is 9.90. The number of hydrogen-bond donors (Lipinski definition) is 1. The van der Waals surface area contributed by atoms with E-state index in [1.54, 1.807) is 6.07 Å². The molecule has 1 saturated heterocycles. The summed E-state index contributed by atoms with van der Waals surface area (Å²) in [6.45, 7) is 2.13. The van der Waals surface area contributed by atoms with Crippen LogP contribution in [0.25, 0.3) is 0 Å². The normalized spacial score (nSPS) is 25.9. The quantitative estimate of drug-likeness (QED) is 0.880. The van der Waals surface area contributed by atoms with Crippen LogP contribution in [-0.4, -0.2) is 22.6 Å². The summed E-state index contributed by atoms with van der Waals surface area (Å²) in [5, 5.41) is 9.90. The van der Waals surface area contributed by atoms with Crippen molar-refractivity contribution in [2.45, 2.75) is 51.1 Å². The van der Waals surface area contributed by atoms with Crippen LogP contribution in [0, 0.1) is 5.92 Å². The van der Waals surface area contributed by atoms with E-state index in [-0.39, 0.29) is 0 Å². The highest BCUT2D eigenvalue weighted by Gasteiger charge is 2.33. The van der Waals surface area contributed by atoms with E-state index in [0.717, 1.165) is 24.1 Å². The fourth-order valence-corrected chi connectivity index (χ4v) is 3.79. The van der Waals surface area contributed by atoms with E-state index in [9.17, 15) is 5.11 Å². The van der Waals surface area contributed by atoms with E-state index in [4.69, 9.17) is 0 Å². The smallest absolute Gasteiger partial charge is 0.120 e. The van der Waals surface area contributed by atoms with E-state index < -0.39 is 0 Å². The number of benzene rings is 1. The fraction of sp³-hybridized carbons (Fsp3) is 0.625. The molecule has 1 saturated carbocycles. The average molecular weight is 245 g/mol. The number of rotatable bonds is 3. The molecule has 1 unspecified atom stereocenters. The van der Waals surface area contributed by atoms with Gasteiger partial charge in [0.05, 0.1) is 0 Å². The first kappa shape index (κ1) is 12.0. The molecule has 2 fully saturated rings. The lowest BCUT2D eigenvalue weighted by molar-refractivity contribution is 0.181. The Labute approximate surface area is 110 Å². The summed E-state index contributed by atoms with van der Waals surface area (Å²) in [5.74, 6) is 1.37. The minimum absolute atomic E-state index is 0.453. The van der Waals surface area contributed by atoms with Gasteiger partial charge >= 0.3 is 0 Å². The molecule has 1 aliphatic carbocycles. The van der Waals surface area contributed by atoms with Crippen molar-refractivity contribution in [2.24, 2.45) is 5.92 Å². The molecule has 1 aliphatic heterocycles. The Kier molecular flexibility index (Phi) is 3.55. The lowest BCUT2D eigenvalue weighted by Crippen LogP contribution is -2.34. The van der Waals surface area contributed by atoms with E-state index in [1.165, 1.54) is 45.1 Å². The van der Waals surface area contributed by atoms with E-state index in [1.807, 2.05) is 12.1 Å². The molecule has 3 rings (SSSR count). The monoisotopic (exact) mass is 245 g/mol. The number of likely N-dealkylation sites (tertiary alicyclic amines) is 1. The predicted octanol–water partition coefficient (Wildman–Crippen LogP) is 3.55. The molecule has 0 bridgehead atoms. The molecule has 0 spiro atoms. The van der Waals surface area contributed by atoms with Crippen molar-refractivity contribution < 1.29 is 5.11 Å². The number of nitrogens with zero attached hydrogens (tertiary/aromatic N) is 1. The molecule has 2 heteroatoms. The molecule has 0 amide bonds. The van der Waals surface area contributed by atoms with Gasteiger partial charge in [-0.2, -0.15) is 0 Å². The van der Waals surface area contributed by atoms with Gasteiger partial charge < -0.3 is 5.11 Å². The molecular formula is C16H23NO. The molecule has 1 N–H and O–H groups in total. The molecule has 18 heavy (non-hydrogen) atoms. The second-order valence-corrected chi connectivity index (χ2v) is 5.85. The van der Waals surface area contributed by atoms with Crippen LogP contribution < -0.4 is 0 Å². The van der Waals surface area contributed by atoms with Gasteiger partial charge in [-0.3, -0.25) is 4.90 Å². The molecule has 98 valence electrons. The minimum atomic E-state index is 0.453. The first-order valence-electron chi connectivity index (χ1n) is 7.35. The minimum Gasteiger partial charge on any atom is -0.508 e. The fourth-order valence-electron chi connectivity index (χ4n) is 3.79. The molecule has 2 aliphatic rings. The van der Waals surface area contributed by atoms with Crippen molar-refractivity contribution in [2.75, 3.05) is 6.54 Å². The van der Waals surface area contributed by atoms with Gasteiger partial charge in [0.1, 0.15) is 5.75 Å². The summed E-state index contributed by atoms with van der Waals surface area (Å²) in [5.41, 5.74) is 1.09. The van der Waals surface area contributed by atoms with E-state index >= 15 is 0 Å². The molecule has 0 aromatic heterocycles. The molecule has 0 radical (unpaired) electrons. The molecule has 2 nitrogen and oxygen atoms in total. The van der Waals surface area contributed by atoms with Gasteiger partial charge in [0, 0.05) is 18.2 Å². The summed E-state index contributed by atoms with van der Waals surface area (Å²) in [4.78, 5) is 2.60. The number of phenolic OH excluding ortho intramolecular Hbond substituents is 1. The van der Waals surface area contributed by atoms with Gasteiger partial charge in [0.25, 0.3) is 0 Å². The van der Waals surface area contributed by atoms with Crippen LogP contribution in [0.15, 0.2) is 24.3 Å². The standard InChI is InChI=1S/C16H23NO/c18-16-10-4-3-8-14(16)12-17-11-5-9-15(17)13-6-1-2-7-13/h3-4,8,10,13,15,18H,1-2,5-7,9,11-12H2.